The van der Waals surface area contributed by atoms with Gasteiger partial charge in [0.25, 0.3) is 5.91 Å². The maximum absolute atomic E-state index is 11.3. The molecule has 1 fully saturated rings. The smallest absolute Gasteiger partial charge is 0.259 e. The molecular formula is C12H19NO2. The van der Waals surface area contributed by atoms with E-state index in [2.05, 4.69) is 11.9 Å². The average Bonchev–Trinajstić information content (AvgIpc) is 2.27. The minimum Gasteiger partial charge on any atom is -0.271 e. The molecule has 0 saturated heterocycles. The summed E-state index contributed by atoms with van der Waals surface area (Å²) in [6.45, 7) is 2.20. The van der Waals surface area contributed by atoms with E-state index in [1.807, 2.05) is 0 Å². The summed E-state index contributed by atoms with van der Waals surface area (Å²) >= 11 is 0. The van der Waals surface area contributed by atoms with Crippen molar-refractivity contribution >= 4 is 12.0 Å². The fraction of sp³-hybridized carbons (Fsp3) is 0.833. The Morgan fingerprint density at radius 1 is 1.33 bits per heavy atom. The summed E-state index contributed by atoms with van der Waals surface area (Å²) in [4.78, 5) is 24.4. The van der Waals surface area contributed by atoms with Crippen molar-refractivity contribution in [2.75, 3.05) is 0 Å². The van der Waals surface area contributed by atoms with Gasteiger partial charge in [0.05, 0.1) is 0 Å². The number of unbranched alkanes of at least 4 members (excludes halogenated alkanes) is 1. The monoisotopic (exact) mass is 209 g/mol. The second-order valence-electron chi connectivity index (χ2n) is 4.40. The second-order valence-corrected chi connectivity index (χ2v) is 4.40. The molecule has 15 heavy (non-hydrogen) atoms. The molecular weight excluding hydrogens is 190 g/mol. The van der Waals surface area contributed by atoms with Crippen LogP contribution < -0.4 is 0 Å². The third-order valence-electron chi connectivity index (χ3n) is 3.32. The molecule has 0 aromatic heterocycles. The van der Waals surface area contributed by atoms with Gasteiger partial charge >= 0.3 is 0 Å². The third kappa shape index (κ3) is 3.96. The summed E-state index contributed by atoms with van der Waals surface area (Å²) in [5, 5.41) is 0. The molecule has 1 amide bonds. The van der Waals surface area contributed by atoms with Crippen molar-refractivity contribution < 1.29 is 9.59 Å². The minimum absolute atomic E-state index is 0.00988. The van der Waals surface area contributed by atoms with Crippen LogP contribution in [-0.2, 0) is 9.59 Å². The van der Waals surface area contributed by atoms with Gasteiger partial charge in [0.1, 0.15) is 0 Å². The molecule has 1 aliphatic rings. The van der Waals surface area contributed by atoms with Gasteiger partial charge in [0.15, 0.2) is 0 Å². The molecule has 0 spiro atoms. The van der Waals surface area contributed by atoms with E-state index < -0.39 is 0 Å². The summed E-state index contributed by atoms with van der Waals surface area (Å²) in [5.74, 6) is 0.512. The van der Waals surface area contributed by atoms with E-state index in [1.165, 1.54) is 25.3 Å². The van der Waals surface area contributed by atoms with Gasteiger partial charge in [-0.2, -0.15) is 0 Å². The number of isocyanates is 1. The largest absolute Gasteiger partial charge is 0.271 e. The van der Waals surface area contributed by atoms with Crippen molar-refractivity contribution in [1.82, 2.24) is 0 Å². The Morgan fingerprint density at radius 3 is 2.53 bits per heavy atom. The molecule has 1 rings (SSSR count). The Hall–Kier alpha value is -0.950. The molecule has 0 bridgehead atoms. The highest BCUT2D eigenvalue weighted by Crippen LogP contribution is 2.32. The summed E-state index contributed by atoms with van der Waals surface area (Å²) < 4.78 is 0. The molecule has 0 aromatic carbocycles. The quantitative estimate of drug-likeness (QED) is 0.528. The first-order valence-corrected chi connectivity index (χ1v) is 5.89. The van der Waals surface area contributed by atoms with Crippen LogP contribution in [0, 0.1) is 11.8 Å². The number of hydrogen-bond donors (Lipinski definition) is 0. The second kappa shape index (κ2) is 6.52. The van der Waals surface area contributed by atoms with Gasteiger partial charge in [-0.1, -0.05) is 26.2 Å². The van der Waals surface area contributed by atoms with E-state index >= 15 is 0 Å². The van der Waals surface area contributed by atoms with Gasteiger partial charge < -0.3 is 0 Å². The van der Waals surface area contributed by atoms with E-state index in [0.29, 0.717) is 0 Å². The first-order valence-electron chi connectivity index (χ1n) is 5.89. The lowest BCUT2D eigenvalue weighted by Gasteiger charge is -2.26. The molecule has 3 heteroatoms. The third-order valence-corrected chi connectivity index (χ3v) is 3.32. The van der Waals surface area contributed by atoms with E-state index in [1.54, 1.807) is 0 Å². The highest BCUT2D eigenvalue weighted by atomic mass is 16.2. The van der Waals surface area contributed by atoms with Crippen molar-refractivity contribution in [1.29, 1.82) is 0 Å². The molecule has 0 N–H and O–H groups in total. The van der Waals surface area contributed by atoms with E-state index in [-0.39, 0.29) is 11.8 Å². The highest BCUT2D eigenvalue weighted by Gasteiger charge is 2.25. The molecule has 3 nitrogen and oxygen atoms in total. The average molecular weight is 209 g/mol. The van der Waals surface area contributed by atoms with Crippen LogP contribution in [0.25, 0.3) is 0 Å². The fourth-order valence-electron chi connectivity index (χ4n) is 2.33. The van der Waals surface area contributed by atoms with Gasteiger partial charge in [-0.25, -0.2) is 4.79 Å². The van der Waals surface area contributed by atoms with Gasteiger partial charge in [-0.15, -0.1) is 4.99 Å². The molecule has 0 unspecified atom stereocenters. The van der Waals surface area contributed by atoms with Crippen LogP contribution in [0.4, 0.5) is 0 Å². The van der Waals surface area contributed by atoms with Crippen molar-refractivity contribution in [3.63, 3.8) is 0 Å². The standard InChI is InChI=1S/C12H19NO2/c1-2-3-4-10-5-7-11(8-6-10)12(15)13-9-14/h10-11H,2-8H2,1H3. The summed E-state index contributed by atoms with van der Waals surface area (Å²) in [5.41, 5.74) is 0. The number of amides is 1. The zero-order valence-corrected chi connectivity index (χ0v) is 9.37. The predicted molar refractivity (Wildman–Crippen MR) is 58.1 cm³/mol. The van der Waals surface area contributed by atoms with Gasteiger partial charge in [0, 0.05) is 5.92 Å². The summed E-state index contributed by atoms with van der Waals surface area (Å²) in [6, 6.07) is 0. The van der Waals surface area contributed by atoms with Crippen molar-refractivity contribution in [3.05, 3.63) is 0 Å². The lowest BCUT2D eigenvalue weighted by atomic mass is 9.79. The van der Waals surface area contributed by atoms with Crippen LogP contribution in [0.3, 0.4) is 0 Å². The van der Waals surface area contributed by atoms with Crippen LogP contribution in [0.1, 0.15) is 51.9 Å². The number of carbonyl (C=O) groups excluding carboxylic acids is 2. The van der Waals surface area contributed by atoms with Crippen LogP contribution in [0.15, 0.2) is 4.99 Å². The lowest BCUT2D eigenvalue weighted by Crippen LogP contribution is -2.20. The molecule has 0 atom stereocenters. The molecule has 0 heterocycles. The Labute approximate surface area is 91.0 Å². The molecule has 0 aliphatic heterocycles. The van der Waals surface area contributed by atoms with E-state index in [0.717, 1.165) is 31.6 Å². The number of aliphatic imine (C=N–C) groups is 1. The lowest BCUT2D eigenvalue weighted by molar-refractivity contribution is -0.122. The predicted octanol–water partition coefficient (Wildman–Crippen LogP) is 2.85. The normalized spacial score (nSPS) is 25.7. The Kier molecular flexibility index (Phi) is 5.27. The molecule has 0 radical (unpaired) electrons. The summed E-state index contributed by atoms with van der Waals surface area (Å²) in [7, 11) is 0. The number of rotatable bonds is 4. The molecule has 1 aliphatic carbocycles. The van der Waals surface area contributed by atoms with Crippen molar-refractivity contribution in [2.45, 2.75) is 51.9 Å². The first kappa shape index (κ1) is 12.1. The van der Waals surface area contributed by atoms with Crippen LogP contribution in [0.2, 0.25) is 0 Å². The molecule has 1 saturated carbocycles. The maximum Gasteiger partial charge on any atom is 0.259 e. The van der Waals surface area contributed by atoms with Gasteiger partial charge in [0.2, 0.25) is 6.08 Å². The van der Waals surface area contributed by atoms with Crippen LogP contribution in [0.5, 0.6) is 0 Å². The maximum atomic E-state index is 11.3. The topological polar surface area (TPSA) is 46.5 Å². The minimum atomic E-state index is -0.265. The van der Waals surface area contributed by atoms with E-state index in [9.17, 15) is 9.59 Å². The van der Waals surface area contributed by atoms with Crippen LogP contribution >= 0.6 is 0 Å². The first-order chi connectivity index (χ1) is 7.27. The van der Waals surface area contributed by atoms with Crippen molar-refractivity contribution in [2.24, 2.45) is 16.8 Å². The number of hydrogen-bond acceptors (Lipinski definition) is 2. The zero-order chi connectivity index (χ0) is 11.1. The highest BCUT2D eigenvalue weighted by molar-refractivity contribution is 5.83. The molecule has 0 aromatic rings. The van der Waals surface area contributed by atoms with Gasteiger partial charge in [-0.3, -0.25) is 4.79 Å². The fourth-order valence-corrected chi connectivity index (χ4v) is 2.33. The Bertz CT molecular complexity index is 248. The van der Waals surface area contributed by atoms with Crippen LogP contribution in [-0.4, -0.2) is 12.0 Å². The Morgan fingerprint density at radius 2 is 2.00 bits per heavy atom. The zero-order valence-electron chi connectivity index (χ0n) is 9.37. The SMILES string of the molecule is CCCCC1CCC(C(=O)N=C=O)CC1. The number of nitrogens with zero attached hydrogens (tertiary/aromatic N) is 1. The number of carbonyl (C=O) groups is 1. The Balaban J connectivity index is 2.29. The molecule has 84 valence electrons. The van der Waals surface area contributed by atoms with Gasteiger partial charge in [-0.05, 0) is 31.6 Å². The van der Waals surface area contributed by atoms with Crippen molar-refractivity contribution in [3.8, 4) is 0 Å². The van der Waals surface area contributed by atoms with E-state index in [4.69, 9.17) is 0 Å². The summed E-state index contributed by atoms with van der Waals surface area (Å²) in [6.07, 6.45) is 9.19.